The van der Waals surface area contributed by atoms with Gasteiger partial charge in [-0.05, 0) is 18.2 Å². The van der Waals surface area contributed by atoms with Crippen LogP contribution in [0.5, 0.6) is 0 Å². The number of rotatable bonds is 2. The fraction of sp³-hybridized carbons (Fsp3) is 0.273. The second kappa shape index (κ2) is 4.32. The van der Waals surface area contributed by atoms with E-state index in [0.717, 1.165) is 12.1 Å². The number of H-pyrrole nitrogens is 1. The first-order chi connectivity index (χ1) is 8.36. The van der Waals surface area contributed by atoms with Crippen molar-refractivity contribution in [2.24, 2.45) is 0 Å². The van der Waals surface area contributed by atoms with Crippen LogP contribution in [0.4, 0.5) is 13.2 Å². The summed E-state index contributed by atoms with van der Waals surface area (Å²) in [6.45, 7) is 1.51. The van der Waals surface area contributed by atoms with Crippen molar-refractivity contribution < 1.29 is 18.0 Å². The first-order valence-electron chi connectivity index (χ1n) is 5.16. The number of hydrogen-bond donors (Lipinski definition) is 2. The number of amides is 1. The highest BCUT2D eigenvalue weighted by Crippen LogP contribution is 2.30. The molecule has 0 radical (unpaired) electrons. The molecule has 0 aliphatic carbocycles. The van der Waals surface area contributed by atoms with Crippen molar-refractivity contribution >= 4 is 16.9 Å². The maximum atomic E-state index is 12.5. The molecule has 2 aromatic rings. The number of aromatic nitrogens is 2. The summed E-state index contributed by atoms with van der Waals surface area (Å²) in [6, 6.07) is 3.27. The summed E-state index contributed by atoms with van der Waals surface area (Å²) in [5.41, 5.74) is -0.00161. The van der Waals surface area contributed by atoms with Crippen molar-refractivity contribution in [2.75, 3.05) is 0 Å². The Labute approximate surface area is 100 Å². The molecule has 0 aliphatic heterocycles. The molecule has 96 valence electrons. The first-order valence-corrected chi connectivity index (χ1v) is 5.16. The van der Waals surface area contributed by atoms with Crippen LogP contribution in [0.2, 0.25) is 0 Å². The number of carbonyl (C=O) groups excluding carboxylic acids is 1. The monoisotopic (exact) mass is 257 g/mol. The van der Waals surface area contributed by atoms with Crippen molar-refractivity contribution in [1.82, 2.24) is 15.3 Å². The highest BCUT2D eigenvalue weighted by atomic mass is 19.4. The van der Waals surface area contributed by atoms with Gasteiger partial charge < -0.3 is 10.3 Å². The molecular weight excluding hydrogens is 247 g/mol. The molecule has 1 amide bonds. The number of carbonyl (C=O) groups is 1. The van der Waals surface area contributed by atoms with Crippen LogP contribution in [0, 0.1) is 0 Å². The molecule has 18 heavy (non-hydrogen) atoms. The number of nitrogens with zero attached hydrogens (tertiary/aromatic N) is 1. The highest BCUT2D eigenvalue weighted by molar-refractivity contribution is 5.76. The zero-order valence-corrected chi connectivity index (χ0v) is 9.43. The Balaban J connectivity index is 2.31. The van der Waals surface area contributed by atoms with E-state index in [1.165, 1.54) is 13.0 Å². The molecular formula is C11H10F3N3O. The standard InChI is InChI=1S/C11H10F3N3O/c1-6(18)15-5-10-16-8-3-2-7(11(12,13)14)4-9(8)17-10/h2-4H,5H2,1H3,(H,15,18)(H,16,17). The fourth-order valence-electron chi connectivity index (χ4n) is 1.53. The molecule has 1 heterocycles. The van der Waals surface area contributed by atoms with E-state index in [1.807, 2.05) is 0 Å². The Morgan fingerprint density at radius 1 is 1.44 bits per heavy atom. The van der Waals surface area contributed by atoms with E-state index < -0.39 is 11.7 Å². The number of alkyl halides is 3. The van der Waals surface area contributed by atoms with Crippen LogP contribution in [0.1, 0.15) is 18.3 Å². The van der Waals surface area contributed by atoms with E-state index in [9.17, 15) is 18.0 Å². The molecule has 0 saturated heterocycles. The molecule has 0 spiro atoms. The molecule has 2 N–H and O–H groups in total. The van der Waals surface area contributed by atoms with Crippen LogP contribution >= 0.6 is 0 Å². The zero-order valence-electron chi connectivity index (χ0n) is 9.43. The minimum absolute atomic E-state index is 0.158. The smallest absolute Gasteiger partial charge is 0.349 e. The number of imidazole rings is 1. The van der Waals surface area contributed by atoms with Gasteiger partial charge in [0.2, 0.25) is 5.91 Å². The lowest BCUT2D eigenvalue weighted by molar-refractivity contribution is -0.137. The van der Waals surface area contributed by atoms with E-state index in [1.54, 1.807) is 0 Å². The van der Waals surface area contributed by atoms with Gasteiger partial charge in [0.05, 0.1) is 23.1 Å². The summed E-state index contributed by atoms with van der Waals surface area (Å²) in [7, 11) is 0. The Bertz CT molecular complexity index is 589. The second-order valence-electron chi connectivity index (χ2n) is 3.82. The summed E-state index contributed by atoms with van der Waals surface area (Å²) < 4.78 is 37.5. The largest absolute Gasteiger partial charge is 0.416 e. The third kappa shape index (κ3) is 2.61. The van der Waals surface area contributed by atoms with E-state index in [2.05, 4.69) is 15.3 Å². The van der Waals surface area contributed by atoms with E-state index in [0.29, 0.717) is 16.9 Å². The van der Waals surface area contributed by atoms with E-state index >= 15 is 0 Å². The first kappa shape index (κ1) is 12.4. The van der Waals surface area contributed by atoms with Gasteiger partial charge in [0.25, 0.3) is 0 Å². The van der Waals surface area contributed by atoms with Gasteiger partial charge in [-0.25, -0.2) is 4.98 Å². The van der Waals surface area contributed by atoms with Crippen LogP contribution < -0.4 is 5.32 Å². The molecule has 7 heteroatoms. The number of nitrogens with one attached hydrogen (secondary N) is 2. The quantitative estimate of drug-likeness (QED) is 0.866. The van der Waals surface area contributed by atoms with Crippen LogP contribution in [0.15, 0.2) is 18.2 Å². The van der Waals surface area contributed by atoms with Gasteiger partial charge in [0.1, 0.15) is 5.82 Å². The Hall–Kier alpha value is -2.05. The van der Waals surface area contributed by atoms with Gasteiger partial charge in [-0.1, -0.05) is 0 Å². The topological polar surface area (TPSA) is 57.8 Å². The molecule has 0 bridgehead atoms. The molecule has 4 nitrogen and oxygen atoms in total. The van der Waals surface area contributed by atoms with Gasteiger partial charge in [-0.3, -0.25) is 4.79 Å². The average Bonchev–Trinajstić information content (AvgIpc) is 2.66. The van der Waals surface area contributed by atoms with Crippen LogP contribution in [0.3, 0.4) is 0 Å². The van der Waals surface area contributed by atoms with Crippen molar-refractivity contribution in [3.8, 4) is 0 Å². The molecule has 1 aromatic heterocycles. The van der Waals surface area contributed by atoms with Crippen molar-refractivity contribution in [3.63, 3.8) is 0 Å². The van der Waals surface area contributed by atoms with Crippen molar-refractivity contribution in [2.45, 2.75) is 19.6 Å². The third-order valence-corrected chi connectivity index (χ3v) is 2.36. The maximum Gasteiger partial charge on any atom is 0.416 e. The van der Waals surface area contributed by atoms with Gasteiger partial charge >= 0.3 is 6.18 Å². The van der Waals surface area contributed by atoms with Gasteiger partial charge in [-0.2, -0.15) is 13.2 Å². The average molecular weight is 257 g/mol. The minimum Gasteiger partial charge on any atom is -0.349 e. The number of fused-ring (bicyclic) bond motifs is 1. The Morgan fingerprint density at radius 2 is 2.17 bits per heavy atom. The summed E-state index contributed by atoms with van der Waals surface area (Å²) in [4.78, 5) is 17.5. The Morgan fingerprint density at radius 3 is 2.78 bits per heavy atom. The molecule has 0 unspecified atom stereocenters. The molecule has 1 aromatic carbocycles. The lowest BCUT2D eigenvalue weighted by Crippen LogP contribution is -2.19. The maximum absolute atomic E-state index is 12.5. The predicted octanol–water partition coefficient (Wildman–Crippen LogP) is 2.22. The highest BCUT2D eigenvalue weighted by Gasteiger charge is 2.30. The normalized spacial score (nSPS) is 11.8. The van der Waals surface area contributed by atoms with Crippen LogP contribution in [-0.4, -0.2) is 15.9 Å². The van der Waals surface area contributed by atoms with Gasteiger partial charge in [0.15, 0.2) is 0 Å². The van der Waals surface area contributed by atoms with Crippen molar-refractivity contribution in [1.29, 1.82) is 0 Å². The Kier molecular flexibility index (Phi) is 2.98. The number of aromatic amines is 1. The molecule has 0 fully saturated rings. The van der Waals surface area contributed by atoms with E-state index in [-0.39, 0.29) is 12.5 Å². The summed E-state index contributed by atoms with van der Waals surface area (Å²) in [6.07, 6.45) is -4.38. The SMILES string of the molecule is CC(=O)NCc1nc2ccc(C(F)(F)F)cc2[nH]1. The minimum atomic E-state index is -4.38. The van der Waals surface area contributed by atoms with Crippen LogP contribution in [0.25, 0.3) is 11.0 Å². The lowest BCUT2D eigenvalue weighted by atomic mass is 10.2. The summed E-state index contributed by atoms with van der Waals surface area (Å²) in [5.74, 6) is 0.186. The third-order valence-electron chi connectivity index (χ3n) is 2.36. The summed E-state index contributed by atoms with van der Waals surface area (Å²) >= 11 is 0. The number of benzene rings is 1. The molecule has 2 rings (SSSR count). The zero-order chi connectivity index (χ0) is 13.3. The number of hydrogen-bond acceptors (Lipinski definition) is 2. The molecule has 0 saturated carbocycles. The lowest BCUT2D eigenvalue weighted by Gasteiger charge is -2.05. The second-order valence-corrected chi connectivity index (χ2v) is 3.82. The van der Waals surface area contributed by atoms with Gasteiger partial charge in [0, 0.05) is 6.92 Å². The van der Waals surface area contributed by atoms with E-state index in [4.69, 9.17) is 0 Å². The van der Waals surface area contributed by atoms with Crippen LogP contribution in [-0.2, 0) is 17.5 Å². The number of halogens is 3. The summed E-state index contributed by atoms with van der Waals surface area (Å²) in [5, 5.41) is 2.51. The molecule has 0 atom stereocenters. The predicted molar refractivity (Wildman–Crippen MR) is 58.6 cm³/mol. The fourth-order valence-corrected chi connectivity index (χ4v) is 1.53. The van der Waals surface area contributed by atoms with Gasteiger partial charge in [-0.15, -0.1) is 0 Å². The van der Waals surface area contributed by atoms with Crippen molar-refractivity contribution in [3.05, 3.63) is 29.6 Å². The molecule has 0 aliphatic rings.